The Kier molecular flexibility index (Phi) is 6.09. The molecule has 2 heterocycles. The lowest BCUT2D eigenvalue weighted by molar-refractivity contribution is -0.137. The van der Waals surface area contributed by atoms with E-state index in [0.29, 0.717) is 10.6 Å². The number of aromatic nitrogens is 3. The van der Waals surface area contributed by atoms with E-state index in [9.17, 15) is 18.0 Å². The number of amides is 1. The van der Waals surface area contributed by atoms with Crippen molar-refractivity contribution in [1.29, 1.82) is 0 Å². The van der Waals surface area contributed by atoms with E-state index < -0.39 is 17.6 Å². The lowest BCUT2D eigenvalue weighted by Gasteiger charge is -2.14. The second kappa shape index (κ2) is 8.83. The summed E-state index contributed by atoms with van der Waals surface area (Å²) in [6.45, 7) is 3.65. The molecule has 0 spiro atoms. The molecule has 4 aromatic rings. The van der Waals surface area contributed by atoms with Crippen molar-refractivity contribution >= 4 is 39.1 Å². The molecule has 0 saturated heterocycles. The molecule has 0 aliphatic heterocycles. The highest BCUT2D eigenvalue weighted by molar-refractivity contribution is 7.15. The van der Waals surface area contributed by atoms with Crippen LogP contribution in [-0.2, 0) is 6.18 Å². The van der Waals surface area contributed by atoms with Gasteiger partial charge in [0, 0.05) is 22.7 Å². The smallest absolute Gasteiger partial charge is 0.395 e. The van der Waals surface area contributed by atoms with Crippen molar-refractivity contribution in [3.8, 4) is 11.4 Å². The van der Waals surface area contributed by atoms with Gasteiger partial charge in [0.1, 0.15) is 11.3 Å². The number of aliphatic hydroxyl groups excluding tert-OH is 1. The number of nitrogens with one attached hydrogen (secondary N) is 3. The third-order valence-electron chi connectivity index (χ3n) is 5.03. The molecule has 0 aliphatic rings. The zero-order chi connectivity index (χ0) is 23.8. The highest BCUT2D eigenvalue weighted by Crippen LogP contribution is 2.38. The number of fused-ring (bicyclic) bond motifs is 1. The molecule has 0 radical (unpaired) electrons. The molecule has 0 bridgehead atoms. The summed E-state index contributed by atoms with van der Waals surface area (Å²) in [7, 11) is 0. The normalized spacial score (nSPS) is 11.7. The quantitative estimate of drug-likeness (QED) is 0.315. The fourth-order valence-electron chi connectivity index (χ4n) is 3.33. The first-order chi connectivity index (χ1) is 15.7. The lowest BCUT2D eigenvalue weighted by atomic mass is 10.1. The van der Waals surface area contributed by atoms with Crippen LogP contribution in [0, 0.1) is 13.8 Å². The number of thiazole rings is 1. The first-order valence-electron chi connectivity index (χ1n) is 9.98. The first-order valence-corrected chi connectivity index (χ1v) is 10.8. The fraction of sp³-hybridized carbons (Fsp3) is 0.227. The van der Waals surface area contributed by atoms with E-state index in [2.05, 4.69) is 25.6 Å². The van der Waals surface area contributed by atoms with Crippen LogP contribution in [0.4, 0.5) is 24.0 Å². The predicted octanol–water partition coefficient (Wildman–Crippen LogP) is 4.98. The van der Waals surface area contributed by atoms with E-state index >= 15 is 0 Å². The standard InChI is InChI=1S/C22H20F3N5O2S/c1-11-12(2)33-21(27-11)30-20(32)15-4-3-5-17-18(15)29-19(28-17)14-7-6-13(26-8-9-31)10-16(14)22(23,24)25/h3-7,10,26,31H,8-9H2,1-2H3,(H,28,29)(H,27,30,32). The maximum atomic E-state index is 13.8. The molecular formula is C22H20F3N5O2S. The van der Waals surface area contributed by atoms with Gasteiger partial charge in [0.2, 0.25) is 0 Å². The van der Waals surface area contributed by atoms with Crippen LogP contribution in [0.5, 0.6) is 0 Å². The number of hydrogen-bond acceptors (Lipinski definition) is 6. The number of benzene rings is 2. The average Bonchev–Trinajstić information content (AvgIpc) is 3.33. The highest BCUT2D eigenvalue weighted by atomic mass is 32.1. The van der Waals surface area contributed by atoms with Gasteiger partial charge in [-0.15, -0.1) is 11.3 Å². The molecule has 33 heavy (non-hydrogen) atoms. The summed E-state index contributed by atoms with van der Waals surface area (Å²) in [5.74, 6) is -0.459. The van der Waals surface area contributed by atoms with E-state index in [4.69, 9.17) is 5.11 Å². The number of anilines is 2. The second-order valence-electron chi connectivity index (χ2n) is 7.31. The number of aryl methyl sites for hydroxylation is 2. The Labute approximate surface area is 190 Å². The largest absolute Gasteiger partial charge is 0.417 e. The fourth-order valence-corrected chi connectivity index (χ4v) is 4.14. The molecule has 0 unspecified atom stereocenters. The minimum atomic E-state index is -4.63. The maximum Gasteiger partial charge on any atom is 0.417 e. The van der Waals surface area contributed by atoms with Crippen molar-refractivity contribution in [2.45, 2.75) is 20.0 Å². The number of nitrogens with zero attached hydrogens (tertiary/aromatic N) is 2. The SMILES string of the molecule is Cc1nc(NC(=O)c2cccc3[nH]c(-c4ccc(NCCO)cc4C(F)(F)F)nc23)sc1C. The Morgan fingerprint density at radius 2 is 1.97 bits per heavy atom. The number of rotatable bonds is 6. The number of para-hydroxylation sites is 1. The molecule has 2 aromatic carbocycles. The van der Waals surface area contributed by atoms with Crippen LogP contribution in [0.2, 0.25) is 0 Å². The van der Waals surface area contributed by atoms with Crippen LogP contribution in [0.25, 0.3) is 22.4 Å². The van der Waals surface area contributed by atoms with Crippen LogP contribution >= 0.6 is 11.3 Å². The van der Waals surface area contributed by atoms with Crippen LogP contribution in [0.3, 0.4) is 0 Å². The third-order valence-corrected chi connectivity index (χ3v) is 6.02. The van der Waals surface area contributed by atoms with E-state index in [1.54, 1.807) is 18.2 Å². The van der Waals surface area contributed by atoms with Gasteiger partial charge < -0.3 is 15.4 Å². The van der Waals surface area contributed by atoms with Crippen molar-refractivity contribution in [2.75, 3.05) is 23.8 Å². The summed E-state index contributed by atoms with van der Waals surface area (Å²) in [5.41, 5.74) is 0.910. The summed E-state index contributed by atoms with van der Waals surface area (Å²) in [6, 6.07) is 8.59. The van der Waals surface area contributed by atoms with Gasteiger partial charge in [0.25, 0.3) is 5.91 Å². The molecule has 2 aromatic heterocycles. The van der Waals surface area contributed by atoms with Gasteiger partial charge in [-0.1, -0.05) is 6.07 Å². The van der Waals surface area contributed by atoms with Crippen LogP contribution in [0.15, 0.2) is 36.4 Å². The summed E-state index contributed by atoms with van der Waals surface area (Å²) in [4.78, 5) is 25.4. The number of imidazole rings is 1. The van der Waals surface area contributed by atoms with E-state index in [1.807, 2.05) is 13.8 Å². The summed E-state index contributed by atoms with van der Waals surface area (Å²) < 4.78 is 41.4. The van der Waals surface area contributed by atoms with E-state index in [0.717, 1.165) is 16.6 Å². The molecule has 1 amide bonds. The second-order valence-corrected chi connectivity index (χ2v) is 8.51. The molecule has 11 heteroatoms. The van der Waals surface area contributed by atoms with Crippen molar-refractivity contribution in [2.24, 2.45) is 0 Å². The van der Waals surface area contributed by atoms with Crippen molar-refractivity contribution in [3.05, 3.63) is 58.1 Å². The Morgan fingerprint density at radius 1 is 1.18 bits per heavy atom. The molecule has 0 aliphatic carbocycles. The monoisotopic (exact) mass is 475 g/mol. The third kappa shape index (κ3) is 4.69. The molecule has 172 valence electrons. The Hall–Kier alpha value is -3.44. The predicted molar refractivity (Wildman–Crippen MR) is 122 cm³/mol. The molecule has 4 rings (SSSR count). The topological polar surface area (TPSA) is 103 Å². The molecule has 0 atom stereocenters. The number of halogens is 3. The lowest BCUT2D eigenvalue weighted by Crippen LogP contribution is -2.12. The van der Waals surface area contributed by atoms with Gasteiger partial charge in [-0.3, -0.25) is 10.1 Å². The van der Waals surface area contributed by atoms with Crippen molar-refractivity contribution in [3.63, 3.8) is 0 Å². The number of carbonyl (C=O) groups is 1. The Balaban J connectivity index is 1.74. The van der Waals surface area contributed by atoms with Crippen LogP contribution in [-0.4, -0.2) is 39.1 Å². The number of aliphatic hydroxyl groups is 1. The van der Waals surface area contributed by atoms with Crippen molar-refractivity contribution < 1.29 is 23.1 Å². The first kappa shape index (κ1) is 22.7. The van der Waals surface area contributed by atoms with Gasteiger partial charge in [0.05, 0.1) is 28.9 Å². The van der Waals surface area contributed by atoms with Gasteiger partial charge in [0.15, 0.2) is 5.13 Å². The molecule has 0 saturated carbocycles. The summed E-state index contributed by atoms with van der Waals surface area (Å²) in [6.07, 6.45) is -4.63. The van der Waals surface area contributed by atoms with Gasteiger partial charge in [-0.2, -0.15) is 13.2 Å². The minimum Gasteiger partial charge on any atom is -0.395 e. The number of aromatic amines is 1. The number of H-pyrrole nitrogens is 1. The molecular weight excluding hydrogens is 455 g/mol. The van der Waals surface area contributed by atoms with E-state index in [1.165, 1.54) is 23.5 Å². The van der Waals surface area contributed by atoms with Gasteiger partial charge in [-0.25, -0.2) is 9.97 Å². The maximum absolute atomic E-state index is 13.8. The molecule has 7 nitrogen and oxygen atoms in total. The van der Waals surface area contributed by atoms with Crippen LogP contribution in [0.1, 0.15) is 26.5 Å². The van der Waals surface area contributed by atoms with E-state index in [-0.39, 0.29) is 41.3 Å². The summed E-state index contributed by atoms with van der Waals surface area (Å²) in [5, 5.41) is 14.8. The van der Waals surface area contributed by atoms with Gasteiger partial charge >= 0.3 is 6.18 Å². The van der Waals surface area contributed by atoms with Crippen LogP contribution < -0.4 is 10.6 Å². The Bertz CT molecular complexity index is 1310. The number of alkyl halides is 3. The zero-order valence-corrected chi connectivity index (χ0v) is 18.5. The molecule has 4 N–H and O–H groups in total. The minimum absolute atomic E-state index is 0.00720. The zero-order valence-electron chi connectivity index (χ0n) is 17.7. The number of hydrogen-bond donors (Lipinski definition) is 4. The number of carbonyl (C=O) groups excluding carboxylic acids is 1. The Morgan fingerprint density at radius 3 is 2.64 bits per heavy atom. The van der Waals surface area contributed by atoms with Gasteiger partial charge in [-0.05, 0) is 44.2 Å². The highest BCUT2D eigenvalue weighted by Gasteiger charge is 2.35. The average molecular weight is 475 g/mol. The van der Waals surface area contributed by atoms with Crippen molar-refractivity contribution in [1.82, 2.24) is 15.0 Å². The summed E-state index contributed by atoms with van der Waals surface area (Å²) >= 11 is 1.34. The molecule has 0 fully saturated rings.